The first-order valence-electron chi connectivity index (χ1n) is 12.4. The predicted octanol–water partition coefficient (Wildman–Crippen LogP) is 5.42. The molecule has 9 heteroatoms. The minimum Gasteiger partial charge on any atom is -0.507 e. The molecule has 4 aromatic carbocycles. The molecular weight excluding hydrogens is 528 g/mol. The number of para-hydroxylation sites is 3. The van der Waals surface area contributed by atoms with Gasteiger partial charge in [-0.15, -0.1) is 0 Å². The van der Waals surface area contributed by atoms with Gasteiger partial charge >= 0.3 is 17.2 Å². The number of esters is 1. The molecular formula is C32H20O9. The highest BCUT2D eigenvalue weighted by atomic mass is 16.5. The largest absolute Gasteiger partial charge is 0.507 e. The number of hydrogen-bond donors (Lipinski definition) is 3. The molecule has 41 heavy (non-hydrogen) atoms. The van der Waals surface area contributed by atoms with E-state index in [-0.39, 0.29) is 55.7 Å². The fourth-order valence-corrected chi connectivity index (χ4v) is 4.82. The molecule has 3 N–H and O–H groups in total. The first kappa shape index (κ1) is 25.4. The van der Waals surface area contributed by atoms with Gasteiger partial charge in [-0.05, 0) is 54.1 Å². The van der Waals surface area contributed by atoms with Crippen molar-refractivity contribution in [2.45, 2.75) is 5.92 Å². The van der Waals surface area contributed by atoms with Gasteiger partial charge in [-0.25, -0.2) is 14.4 Å². The Balaban J connectivity index is 1.53. The highest BCUT2D eigenvalue weighted by molar-refractivity contribution is 5.93. The SMILES string of the molecule is O=C(Oc1ccc(C(c2c(O)c3ccccc3oc2=O)c2c(O)c3ccccc3oc2=O)cc1)c1ccccc1O. The van der Waals surface area contributed by atoms with E-state index in [1.807, 2.05) is 0 Å². The van der Waals surface area contributed by atoms with Crippen molar-refractivity contribution in [3.63, 3.8) is 0 Å². The van der Waals surface area contributed by atoms with E-state index in [2.05, 4.69) is 0 Å². The van der Waals surface area contributed by atoms with Gasteiger partial charge in [0.15, 0.2) is 0 Å². The lowest BCUT2D eigenvalue weighted by Crippen LogP contribution is -2.21. The van der Waals surface area contributed by atoms with Crippen molar-refractivity contribution >= 4 is 27.9 Å². The molecule has 0 bridgehead atoms. The van der Waals surface area contributed by atoms with Gasteiger partial charge in [0.05, 0.1) is 27.8 Å². The Labute approximate surface area is 230 Å². The third-order valence-electron chi connectivity index (χ3n) is 6.77. The third-order valence-corrected chi connectivity index (χ3v) is 6.77. The number of carbonyl (C=O) groups excluding carboxylic acids is 1. The maximum Gasteiger partial charge on any atom is 0.347 e. The third kappa shape index (κ3) is 4.45. The Morgan fingerprint density at radius 2 is 1.12 bits per heavy atom. The molecule has 0 aliphatic heterocycles. The molecule has 0 radical (unpaired) electrons. The lowest BCUT2D eigenvalue weighted by Gasteiger charge is -2.20. The van der Waals surface area contributed by atoms with Gasteiger partial charge < -0.3 is 28.9 Å². The maximum absolute atomic E-state index is 13.3. The van der Waals surface area contributed by atoms with Crippen LogP contribution in [0.2, 0.25) is 0 Å². The summed E-state index contributed by atoms with van der Waals surface area (Å²) in [5, 5.41) is 33.0. The number of hydrogen-bond acceptors (Lipinski definition) is 9. The summed E-state index contributed by atoms with van der Waals surface area (Å²) < 4.78 is 16.3. The monoisotopic (exact) mass is 548 g/mol. The summed E-state index contributed by atoms with van der Waals surface area (Å²) in [6.07, 6.45) is 0. The summed E-state index contributed by atoms with van der Waals surface area (Å²) in [6.45, 7) is 0. The van der Waals surface area contributed by atoms with Crippen molar-refractivity contribution in [3.8, 4) is 23.0 Å². The van der Waals surface area contributed by atoms with E-state index in [0.717, 1.165) is 0 Å². The van der Waals surface area contributed by atoms with Gasteiger partial charge in [0.2, 0.25) is 0 Å². The van der Waals surface area contributed by atoms with Crippen LogP contribution in [0, 0.1) is 0 Å². The van der Waals surface area contributed by atoms with Crippen LogP contribution in [-0.4, -0.2) is 21.3 Å². The Kier molecular flexibility index (Phi) is 6.24. The van der Waals surface area contributed by atoms with Crippen molar-refractivity contribution < 1.29 is 33.7 Å². The highest BCUT2D eigenvalue weighted by Gasteiger charge is 2.32. The van der Waals surface area contributed by atoms with Gasteiger partial charge in [0, 0.05) is 0 Å². The molecule has 6 rings (SSSR count). The molecule has 0 saturated heterocycles. The second-order valence-corrected chi connectivity index (χ2v) is 9.20. The van der Waals surface area contributed by atoms with Crippen molar-refractivity contribution in [2.24, 2.45) is 0 Å². The van der Waals surface area contributed by atoms with Gasteiger partial charge in [-0.2, -0.15) is 0 Å². The van der Waals surface area contributed by atoms with Gasteiger partial charge in [-0.3, -0.25) is 0 Å². The lowest BCUT2D eigenvalue weighted by atomic mass is 9.84. The summed E-state index contributed by atoms with van der Waals surface area (Å²) >= 11 is 0. The molecule has 2 heterocycles. The zero-order valence-electron chi connectivity index (χ0n) is 21.1. The number of benzene rings is 4. The lowest BCUT2D eigenvalue weighted by molar-refractivity contribution is 0.0731. The van der Waals surface area contributed by atoms with Crippen LogP contribution in [-0.2, 0) is 0 Å². The van der Waals surface area contributed by atoms with Gasteiger partial charge in [-0.1, -0.05) is 48.5 Å². The van der Waals surface area contributed by atoms with Crippen LogP contribution in [0.5, 0.6) is 23.0 Å². The average Bonchev–Trinajstić information content (AvgIpc) is 2.97. The summed E-state index contributed by atoms with van der Waals surface area (Å²) in [4.78, 5) is 39.2. The Hall–Kier alpha value is -5.83. The van der Waals surface area contributed by atoms with E-state index in [1.165, 1.54) is 48.5 Å². The maximum atomic E-state index is 13.3. The van der Waals surface area contributed by atoms with Crippen LogP contribution in [0.3, 0.4) is 0 Å². The molecule has 0 fully saturated rings. The molecule has 0 saturated carbocycles. The number of phenolic OH excluding ortho intramolecular Hbond substituents is 1. The van der Waals surface area contributed by atoms with Crippen LogP contribution in [0.1, 0.15) is 33.0 Å². The van der Waals surface area contributed by atoms with Crippen LogP contribution in [0.4, 0.5) is 0 Å². The Bertz CT molecular complexity index is 1970. The molecule has 202 valence electrons. The zero-order valence-corrected chi connectivity index (χ0v) is 21.1. The molecule has 6 aromatic rings. The second kappa shape index (κ2) is 10.0. The molecule has 0 atom stereocenters. The highest BCUT2D eigenvalue weighted by Crippen LogP contribution is 2.42. The van der Waals surface area contributed by atoms with Crippen LogP contribution in [0.15, 0.2) is 115 Å². The molecule has 0 aliphatic rings. The first-order valence-corrected chi connectivity index (χ1v) is 12.4. The first-order chi connectivity index (χ1) is 19.8. The van der Waals surface area contributed by atoms with Crippen molar-refractivity contribution in [3.05, 3.63) is 140 Å². The number of aromatic hydroxyl groups is 3. The van der Waals surface area contributed by atoms with E-state index in [1.54, 1.807) is 48.5 Å². The number of fused-ring (bicyclic) bond motifs is 2. The summed E-state index contributed by atoms with van der Waals surface area (Å²) in [7, 11) is 0. The number of ether oxygens (including phenoxy) is 1. The summed E-state index contributed by atoms with van der Waals surface area (Å²) in [5.74, 6) is -3.13. The fraction of sp³-hybridized carbons (Fsp3) is 0.0312. The topological polar surface area (TPSA) is 147 Å². The summed E-state index contributed by atoms with van der Waals surface area (Å²) in [5.41, 5.74) is -1.91. The minimum atomic E-state index is -1.33. The van der Waals surface area contributed by atoms with E-state index in [4.69, 9.17) is 13.6 Å². The normalized spacial score (nSPS) is 11.2. The number of phenols is 1. The molecule has 0 amide bonds. The molecule has 0 unspecified atom stereocenters. The summed E-state index contributed by atoms with van der Waals surface area (Å²) in [6, 6.07) is 24.4. The van der Waals surface area contributed by atoms with Gasteiger partial charge in [0.25, 0.3) is 0 Å². The Morgan fingerprint density at radius 3 is 1.66 bits per heavy atom. The Morgan fingerprint density at radius 1 is 0.634 bits per heavy atom. The van der Waals surface area contributed by atoms with E-state index >= 15 is 0 Å². The minimum absolute atomic E-state index is 0.0353. The van der Waals surface area contributed by atoms with E-state index in [9.17, 15) is 29.7 Å². The number of rotatable bonds is 5. The number of carbonyl (C=O) groups is 1. The molecule has 0 aliphatic carbocycles. The van der Waals surface area contributed by atoms with Crippen molar-refractivity contribution in [1.29, 1.82) is 0 Å². The van der Waals surface area contributed by atoms with Gasteiger partial charge in [0.1, 0.15) is 39.7 Å². The van der Waals surface area contributed by atoms with Crippen LogP contribution in [0.25, 0.3) is 21.9 Å². The van der Waals surface area contributed by atoms with E-state index < -0.39 is 34.6 Å². The van der Waals surface area contributed by atoms with Crippen LogP contribution < -0.4 is 16.0 Å². The zero-order chi connectivity index (χ0) is 28.7. The quantitative estimate of drug-likeness (QED) is 0.146. The fourth-order valence-electron chi connectivity index (χ4n) is 4.82. The molecule has 0 spiro atoms. The van der Waals surface area contributed by atoms with Crippen LogP contribution >= 0.6 is 0 Å². The van der Waals surface area contributed by atoms with E-state index in [0.29, 0.717) is 0 Å². The smallest absolute Gasteiger partial charge is 0.347 e. The molecule has 9 nitrogen and oxygen atoms in total. The standard InChI is InChI=1S/C32H20O9/c33-22-10-4-1-7-19(22)30(36)39-18-15-13-17(14-16-18)25(26-28(34)20-8-2-5-11-23(20)40-31(26)37)27-29(35)21-9-3-6-12-24(21)41-32(27)38/h1-16,25,33-35H. The molecule has 2 aromatic heterocycles. The average molecular weight is 549 g/mol. The van der Waals surface area contributed by atoms with Crippen molar-refractivity contribution in [1.82, 2.24) is 0 Å². The second-order valence-electron chi connectivity index (χ2n) is 9.20. The van der Waals surface area contributed by atoms with Crippen molar-refractivity contribution in [2.75, 3.05) is 0 Å². The predicted molar refractivity (Wildman–Crippen MR) is 149 cm³/mol.